The second kappa shape index (κ2) is 14.8. The molecule has 0 saturated heterocycles. The van der Waals surface area contributed by atoms with Crippen LogP contribution in [-0.2, 0) is 20.0 Å². The first-order valence-electron chi connectivity index (χ1n) is 10.9. The van der Waals surface area contributed by atoms with Crippen molar-refractivity contribution < 1.29 is 24.5 Å². The maximum Gasteiger partial charge on any atom is 0.220 e. The molecule has 1 aromatic heterocycles. The molecule has 0 spiro atoms. The molecule has 1 amide bonds. The summed E-state index contributed by atoms with van der Waals surface area (Å²) < 4.78 is 11.0. The summed E-state index contributed by atoms with van der Waals surface area (Å²) >= 11 is 7.35. The maximum absolute atomic E-state index is 11.9. The molecule has 30 heavy (non-hydrogen) atoms. The number of nitrogens with one attached hydrogen (secondary N) is 2. The number of carbonyl (C=O) groups excluding carboxylic acids is 1. The fourth-order valence-corrected chi connectivity index (χ4v) is 5.06. The van der Waals surface area contributed by atoms with Crippen molar-refractivity contribution in [2.24, 2.45) is 0 Å². The second-order valence-electron chi connectivity index (χ2n) is 7.44. The molecule has 4 N–H and O–H groups in total. The third-order valence-corrected chi connectivity index (χ3v) is 6.68. The number of aromatic hydroxyl groups is 2. The highest BCUT2D eigenvalue weighted by molar-refractivity contribution is 7.99. The number of hydrogen-bond donors (Lipinski definition) is 4. The maximum atomic E-state index is 11.9. The van der Waals surface area contributed by atoms with Gasteiger partial charge in [-0.15, -0.1) is 23.4 Å². The van der Waals surface area contributed by atoms with Gasteiger partial charge in [-0.1, -0.05) is 19.3 Å². The van der Waals surface area contributed by atoms with E-state index < -0.39 is 0 Å². The first kappa shape index (κ1) is 25.2. The third kappa shape index (κ3) is 8.96. The number of unbranched alkanes of at least 4 members (excludes halogenated alkanes) is 4. The largest absolute Gasteiger partial charge is 0.494 e. The normalized spacial score (nSPS) is 15.4. The summed E-state index contributed by atoms with van der Waals surface area (Å²) in [5.41, 5.74) is 1.64. The van der Waals surface area contributed by atoms with E-state index in [9.17, 15) is 15.0 Å². The van der Waals surface area contributed by atoms with Crippen LogP contribution in [0.1, 0.15) is 67.7 Å². The molecule has 1 aromatic rings. The fraction of sp³-hybridized carbons (Fsp3) is 0.762. The molecule has 7 nitrogen and oxygen atoms in total. The van der Waals surface area contributed by atoms with E-state index in [1.165, 1.54) is 0 Å². The number of H-pyrrole nitrogens is 1. The number of ether oxygens (including phenoxy) is 2. The highest BCUT2D eigenvalue weighted by atomic mass is 35.5. The van der Waals surface area contributed by atoms with Crippen LogP contribution in [0.15, 0.2) is 0 Å². The fourth-order valence-electron chi connectivity index (χ4n) is 3.45. The number of hydrogen-bond acceptors (Lipinski definition) is 6. The van der Waals surface area contributed by atoms with Gasteiger partial charge < -0.3 is 25.0 Å². The van der Waals surface area contributed by atoms with Crippen molar-refractivity contribution in [3.63, 3.8) is 0 Å². The molecule has 2 rings (SSSR count). The smallest absolute Gasteiger partial charge is 0.220 e. The van der Waals surface area contributed by atoms with E-state index in [2.05, 4.69) is 10.3 Å². The van der Waals surface area contributed by atoms with Gasteiger partial charge in [0.2, 0.25) is 5.91 Å². The van der Waals surface area contributed by atoms with Crippen LogP contribution in [0.3, 0.4) is 0 Å². The van der Waals surface area contributed by atoms with Crippen LogP contribution in [0.2, 0.25) is 0 Å². The predicted molar refractivity (Wildman–Crippen MR) is 120 cm³/mol. The van der Waals surface area contributed by atoms with E-state index in [0.29, 0.717) is 38.5 Å². The lowest BCUT2D eigenvalue weighted by molar-refractivity contribution is -0.121. The zero-order valence-electron chi connectivity index (χ0n) is 17.6. The number of aromatic amines is 1. The van der Waals surface area contributed by atoms with Crippen molar-refractivity contribution in [1.29, 1.82) is 0 Å². The molecule has 0 fully saturated rings. The molecule has 0 radical (unpaired) electrons. The van der Waals surface area contributed by atoms with Crippen LogP contribution < -0.4 is 5.32 Å². The average molecular weight is 463 g/mol. The summed E-state index contributed by atoms with van der Waals surface area (Å²) in [4.78, 5) is 14.5. The Balaban J connectivity index is 1.38. The Kier molecular flexibility index (Phi) is 12.4. The molecule has 9 heteroatoms. The highest BCUT2D eigenvalue weighted by Gasteiger charge is 2.30. The Bertz CT molecular complexity index is 629. The van der Waals surface area contributed by atoms with E-state index in [1.54, 1.807) is 11.8 Å². The summed E-state index contributed by atoms with van der Waals surface area (Å²) in [5, 5.41) is 22.7. The molecule has 172 valence electrons. The average Bonchev–Trinajstić information content (AvgIpc) is 3.27. The van der Waals surface area contributed by atoms with Crippen LogP contribution >= 0.6 is 23.4 Å². The summed E-state index contributed by atoms with van der Waals surface area (Å²) in [6.07, 6.45) is 7.50. The van der Waals surface area contributed by atoms with Gasteiger partial charge in [0, 0.05) is 47.6 Å². The van der Waals surface area contributed by atoms with Crippen LogP contribution in [0.5, 0.6) is 11.8 Å². The van der Waals surface area contributed by atoms with Crippen molar-refractivity contribution in [2.45, 2.75) is 62.4 Å². The predicted octanol–water partition coefficient (Wildman–Crippen LogP) is 4.22. The first-order valence-corrected chi connectivity index (χ1v) is 12.4. The number of halogens is 1. The molecular formula is C21H35ClN2O5S. The SMILES string of the molecule is O=C(CCCC[C@@H]1SCc2c(O)[nH]c(O)c21)NCCOCCOCCCCCCCl. The molecular weight excluding hydrogens is 428 g/mol. The van der Waals surface area contributed by atoms with Crippen LogP contribution in [-0.4, -0.2) is 60.0 Å². The zero-order chi connectivity index (χ0) is 21.6. The number of alkyl halides is 1. The van der Waals surface area contributed by atoms with E-state index in [1.807, 2.05) is 0 Å². The molecule has 0 saturated carbocycles. The van der Waals surface area contributed by atoms with Crippen molar-refractivity contribution >= 4 is 29.3 Å². The molecule has 0 bridgehead atoms. The van der Waals surface area contributed by atoms with Crippen molar-refractivity contribution in [2.75, 3.05) is 38.9 Å². The molecule has 0 unspecified atom stereocenters. The lowest BCUT2D eigenvalue weighted by Gasteiger charge is -2.10. The number of fused-ring (bicyclic) bond motifs is 1. The summed E-state index contributed by atoms with van der Waals surface area (Å²) in [7, 11) is 0. The third-order valence-electron chi connectivity index (χ3n) is 5.09. The number of rotatable bonds is 17. The minimum atomic E-state index is 0.0358. The van der Waals surface area contributed by atoms with E-state index in [0.717, 1.165) is 68.6 Å². The summed E-state index contributed by atoms with van der Waals surface area (Å²) in [6, 6.07) is 0. The molecule has 1 atom stereocenters. The van der Waals surface area contributed by atoms with E-state index >= 15 is 0 Å². The lowest BCUT2D eigenvalue weighted by Crippen LogP contribution is -2.27. The van der Waals surface area contributed by atoms with Gasteiger partial charge >= 0.3 is 0 Å². The molecule has 0 aliphatic carbocycles. The van der Waals surface area contributed by atoms with Gasteiger partial charge in [0.05, 0.1) is 19.8 Å². The number of thioether (sulfide) groups is 1. The van der Waals surface area contributed by atoms with Gasteiger partial charge in [-0.25, -0.2) is 0 Å². The Morgan fingerprint density at radius 1 is 1.03 bits per heavy atom. The first-order chi connectivity index (χ1) is 14.6. The zero-order valence-corrected chi connectivity index (χ0v) is 19.2. The molecule has 0 aromatic carbocycles. The summed E-state index contributed by atoms with van der Waals surface area (Å²) in [6.45, 7) is 2.88. The van der Waals surface area contributed by atoms with Crippen molar-refractivity contribution in [3.05, 3.63) is 11.1 Å². The molecule has 2 heterocycles. The number of amides is 1. The van der Waals surface area contributed by atoms with Crippen LogP contribution in [0.4, 0.5) is 0 Å². The standard InChI is InChI=1S/C21H35ClN2O5S/c22-9-5-1-2-6-11-28-13-14-29-12-10-23-18(25)8-4-3-7-17-19-16(15-30-17)20(26)24-21(19)27/h17,24,26-27H,1-15H2,(H,23,25)/t17-/m0/s1. The van der Waals surface area contributed by atoms with Crippen molar-refractivity contribution in [1.82, 2.24) is 10.3 Å². The van der Waals surface area contributed by atoms with E-state index in [4.69, 9.17) is 21.1 Å². The topological polar surface area (TPSA) is 104 Å². The Hall–Kier alpha value is -1.09. The second-order valence-corrected chi connectivity index (χ2v) is 9.01. The lowest BCUT2D eigenvalue weighted by atomic mass is 10.0. The Morgan fingerprint density at radius 3 is 2.60 bits per heavy atom. The Labute approximate surface area is 188 Å². The minimum absolute atomic E-state index is 0.0358. The van der Waals surface area contributed by atoms with Crippen LogP contribution in [0, 0.1) is 0 Å². The van der Waals surface area contributed by atoms with Crippen LogP contribution in [0.25, 0.3) is 0 Å². The van der Waals surface area contributed by atoms with E-state index in [-0.39, 0.29) is 22.9 Å². The molecule has 1 aliphatic heterocycles. The van der Waals surface area contributed by atoms with Gasteiger partial charge in [-0.3, -0.25) is 9.78 Å². The van der Waals surface area contributed by atoms with Gasteiger partial charge in [0.25, 0.3) is 0 Å². The number of carbonyl (C=O) groups is 1. The van der Waals surface area contributed by atoms with Gasteiger partial charge in [-0.2, -0.15) is 0 Å². The van der Waals surface area contributed by atoms with Crippen molar-refractivity contribution in [3.8, 4) is 11.8 Å². The number of aromatic nitrogens is 1. The van der Waals surface area contributed by atoms with Gasteiger partial charge in [0.15, 0.2) is 11.8 Å². The molecule has 1 aliphatic rings. The quantitative estimate of drug-likeness (QED) is 0.204. The summed E-state index contributed by atoms with van der Waals surface area (Å²) in [5.74, 6) is 1.63. The van der Waals surface area contributed by atoms with Gasteiger partial charge in [0.1, 0.15) is 0 Å². The van der Waals surface area contributed by atoms with Gasteiger partial charge in [-0.05, 0) is 25.7 Å². The minimum Gasteiger partial charge on any atom is -0.494 e. The monoisotopic (exact) mass is 462 g/mol. The highest BCUT2D eigenvalue weighted by Crippen LogP contribution is 2.51. The Morgan fingerprint density at radius 2 is 1.80 bits per heavy atom.